The zero-order valence-corrected chi connectivity index (χ0v) is 10.9. The van der Waals surface area contributed by atoms with Gasteiger partial charge in [-0.1, -0.05) is 6.07 Å². The predicted octanol–water partition coefficient (Wildman–Crippen LogP) is 1.36. The molecule has 0 saturated heterocycles. The van der Waals surface area contributed by atoms with E-state index in [1.165, 1.54) is 0 Å². The second-order valence-electron chi connectivity index (χ2n) is 4.41. The lowest BCUT2D eigenvalue weighted by Gasteiger charge is -2.06. The monoisotopic (exact) mass is 267 g/mol. The fraction of sp³-hybridized carbons (Fsp3) is 0.143. The number of aromatic nitrogens is 4. The first-order valence-corrected chi connectivity index (χ1v) is 6.22. The van der Waals surface area contributed by atoms with Gasteiger partial charge in [0.2, 0.25) is 0 Å². The first-order chi connectivity index (χ1) is 9.74. The number of fused-ring (bicyclic) bond motifs is 1. The molecule has 3 heterocycles. The summed E-state index contributed by atoms with van der Waals surface area (Å²) in [6.07, 6.45) is 5.00. The van der Waals surface area contributed by atoms with E-state index in [9.17, 15) is 4.79 Å². The highest BCUT2D eigenvalue weighted by Gasteiger charge is 2.10. The number of hydrogen-bond donors (Lipinski definition) is 1. The fourth-order valence-corrected chi connectivity index (χ4v) is 1.89. The molecular formula is C14H13N5O. The van der Waals surface area contributed by atoms with Crippen LogP contribution in [0.25, 0.3) is 5.52 Å². The van der Waals surface area contributed by atoms with Crippen LogP contribution in [0, 0.1) is 6.92 Å². The van der Waals surface area contributed by atoms with Gasteiger partial charge in [-0.2, -0.15) is 5.10 Å². The topological polar surface area (TPSA) is 72.2 Å². The zero-order chi connectivity index (χ0) is 13.9. The molecule has 0 saturated carbocycles. The Morgan fingerprint density at radius 1 is 1.25 bits per heavy atom. The van der Waals surface area contributed by atoms with Crippen LogP contribution in [-0.4, -0.2) is 25.5 Å². The molecule has 0 bridgehead atoms. The molecule has 0 radical (unpaired) electrons. The van der Waals surface area contributed by atoms with E-state index in [0.717, 1.165) is 16.9 Å². The molecule has 0 fully saturated rings. The molecule has 6 heteroatoms. The summed E-state index contributed by atoms with van der Waals surface area (Å²) < 4.78 is 1.61. The Hall–Kier alpha value is -2.76. The normalized spacial score (nSPS) is 10.7. The third-order valence-electron chi connectivity index (χ3n) is 2.92. The van der Waals surface area contributed by atoms with Crippen molar-refractivity contribution in [3.63, 3.8) is 0 Å². The molecule has 0 unspecified atom stereocenters. The number of carbonyl (C=O) groups excluding carboxylic acids is 1. The Bertz CT molecular complexity index is 748. The van der Waals surface area contributed by atoms with Crippen molar-refractivity contribution in [2.24, 2.45) is 0 Å². The number of carbonyl (C=O) groups is 1. The molecular weight excluding hydrogens is 254 g/mol. The van der Waals surface area contributed by atoms with E-state index < -0.39 is 0 Å². The van der Waals surface area contributed by atoms with E-state index in [1.807, 2.05) is 25.1 Å². The van der Waals surface area contributed by atoms with E-state index in [-0.39, 0.29) is 5.91 Å². The van der Waals surface area contributed by atoms with Crippen LogP contribution in [0.5, 0.6) is 0 Å². The predicted molar refractivity (Wildman–Crippen MR) is 73.1 cm³/mol. The highest BCUT2D eigenvalue weighted by molar-refractivity contribution is 5.93. The third-order valence-corrected chi connectivity index (χ3v) is 2.92. The van der Waals surface area contributed by atoms with Crippen molar-refractivity contribution in [3.05, 3.63) is 59.9 Å². The number of nitrogens with one attached hydrogen (secondary N) is 1. The van der Waals surface area contributed by atoms with Gasteiger partial charge in [-0.15, -0.1) is 0 Å². The molecule has 1 N–H and O–H groups in total. The van der Waals surface area contributed by atoms with Crippen LogP contribution in [0.4, 0.5) is 0 Å². The van der Waals surface area contributed by atoms with Gasteiger partial charge in [0.15, 0.2) is 0 Å². The summed E-state index contributed by atoms with van der Waals surface area (Å²) in [6, 6.07) is 7.31. The maximum absolute atomic E-state index is 12.2. The number of hydrogen-bond acceptors (Lipinski definition) is 4. The molecule has 0 aliphatic carbocycles. The standard InChI is InChI=1S/C14H13N5O/c1-10-7-16-11(8-15-10)9-17-14(20)13-4-2-3-12-5-6-18-19(12)13/h2-8H,9H2,1H3,(H,17,20). The molecule has 0 atom stereocenters. The first kappa shape index (κ1) is 12.3. The maximum atomic E-state index is 12.2. The summed E-state index contributed by atoms with van der Waals surface area (Å²) >= 11 is 0. The van der Waals surface area contributed by atoms with Gasteiger partial charge in [-0.05, 0) is 25.1 Å². The van der Waals surface area contributed by atoms with Crippen LogP contribution < -0.4 is 5.32 Å². The van der Waals surface area contributed by atoms with Gasteiger partial charge in [0.25, 0.3) is 5.91 Å². The van der Waals surface area contributed by atoms with Crippen molar-refractivity contribution in [3.8, 4) is 0 Å². The van der Waals surface area contributed by atoms with Crippen LogP contribution in [0.2, 0.25) is 0 Å². The Morgan fingerprint density at radius 2 is 2.15 bits per heavy atom. The Labute approximate surface area is 115 Å². The molecule has 6 nitrogen and oxygen atoms in total. The summed E-state index contributed by atoms with van der Waals surface area (Å²) in [7, 11) is 0. The van der Waals surface area contributed by atoms with Crippen molar-refractivity contribution in [1.29, 1.82) is 0 Å². The minimum absolute atomic E-state index is 0.193. The number of nitrogens with zero attached hydrogens (tertiary/aromatic N) is 4. The number of aryl methyl sites for hydroxylation is 1. The maximum Gasteiger partial charge on any atom is 0.270 e. The minimum atomic E-state index is -0.193. The number of rotatable bonds is 3. The van der Waals surface area contributed by atoms with Crippen molar-refractivity contribution in [1.82, 2.24) is 24.9 Å². The van der Waals surface area contributed by atoms with Crippen LogP contribution in [0.15, 0.2) is 42.9 Å². The van der Waals surface area contributed by atoms with Gasteiger partial charge in [0, 0.05) is 6.20 Å². The van der Waals surface area contributed by atoms with Gasteiger partial charge in [-0.25, -0.2) is 4.52 Å². The van der Waals surface area contributed by atoms with E-state index in [2.05, 4.69) is 20.4 Å². The smallest absolute Gasteiger partial charge is 0.270 e. The Balaban J connectivity index is 1.76. The van der Waals surface area contributed by atoms with Crippen LogP contribution >= 0.6 is 0 Å². The van der Waals surface area contributed by atoms with E-state index in [4.69, 9.17) is 0 Å². The van der Waals surface area contributed by atoms with Crippen molar-refractivity contribution < 1.29 is 4.79 Å². The third kappa shape index (κ3) is 2.35. The molecule has 0 aliphatic rings. The molecule has 20 heavy (non-hydrogen) atoms. The first-order valence-electron chi connectivity index (χ1n) is 6.22. The molecule has 0 aromatic carbocycles. The fourth-order valence-electron chi connectivity index (χ4n) is 1.89. The average molecular weight is 267 g/mol. The summed E-state index contributed by atoms with van der Waals surface area (Å²) in [5.41, 5.74) is 2.94. The van der Waals surface area contributed by atoms with Crippen molar-refractivity contribution in [2.45, 2.75) is 13.5 Å². The highest BCUT2D eigenvalue weighted by Crippen LogP contribution is 2.06. The lowest BCUT2D eigenvalue weighted by atomic mass is 10.3. The molecule has 0 aliphatic heterocycles. The Morgan fingerprint density at radius 3 is 2.95 bits per heavy atom. The molecule has 1 amide bonds. The summed E-state index contributed by atoms with van der Waals surface area (Å²) in [4.78, 5) is 20.5. The number of pyridine rings is 1. The van der Waals surface area contributed by atoms with Crippen molar-refractivity contribution >= 4 is 11.4 Å². The van der Waals surface area contributed by atoms with Gasteiger partial charge in [0.1, 0.15) is 5.69 Å². The van der Waals surface area contributed by atoms with Gasteiger partial charge in [0.05, 0.1) is 35.8 Å². The van der Waals surface area contributed by atoms with Crippen LogP contribution in [-0.2, 0) is 6.54 Å². The van der Waals surface area contributed by atoms with E-state index in [1.54, 1.807) is 29.2 Å². The lowest BCUT2D eigenvalue weighted by Crippen LogP contribution is -2.25. The quantitative estimate of drug-likeness (QED) is 0.777. The van der Waals surface area contributed by atoms with Gasteiger partial charge < -0.3 is 5.32 Å². The van der Waals surface area contributed by atoms with E-state index in [0.29, 0.717) is 12.2 Å². The average Bonchev–Trinajstić information content (AvgIpc) is 2.94. The Kier molecular flexibility index (Phi) is 3.12. The summed E-state index contributed by atoms with van der Waals surface area (Å²) in [5, 5.41) is 6.95. The molecule has 3 aromatic heterocycles. The SMILES string of the molecule is Cc1cnc(CNC(=O)c2cccc3ccnn23)cn1. The van der Waals surface area contributed by atoms with Gasteiger partial charge in [-0.3, -0.25) is 14.8 Å². The van der Waals surface area contributed by atoms with Crippen LogP contribution in [0.3, 0.4) is 0 Å². The minimum Gasteiger partial charge on any atom is -0.345 e. The molecule has 3 rings (SSSR count). The molecule has 0 spiro atoms. The second kappa shape index (κ2) is 5.08. The zero-order valence-electron chi connectivity index (χ0n) is 10.9. The van der Waals surface area contributed by atoms with Gasteiger partial charge >= 0.3 is 0 Å². The summed E-state index contributed by atoms with van der Waals surface area (Å²) in [5.74, 6) is -0.193. The summed E-state index contributed by atoms with van der Waals surface area (Å²) in [6.45, 7) is 2.21. The molecule has 100 valence electrons. The van der Waals surface area contributed by atoms with Crippen molar-refractivity contribution in [2.75, 3.05) is 0 Å². The van der Waals surface area contributed by atoms with Crippen LogP contribution in [0.1, 0.15) is 21.9 Å². The largest absolute Gasteiger partial charge is 0.345 e. The molecule has 3 aromatic rings. The lowest BCUT2D eigenvalue weighted by molar-refractivity contribution is 0.0943. The van der Waals surface area contributed by atoms with E-state index >= 15 is 0 Å². The number of amides is 1. The highest BCUT2D eigenvalue weighted by atomic mass is 16.1. The second-order valence-corrected chi connectivity index (χ2v) is 4.41.